The molecule has 118 valence electrons. The molecule has 0 radical (unpaired) electrons. The molecule has 1 unspecified atom stereocenters. The van der Waals surface area contributed by atoms with E-state index in [0.717, 1.165) is 38.3 Å². The maximum absolute atomic E-state index is 12.0. The number of rotatable bonds is 7. The molecule has 0 saturated carbocycles. The fraction of sp³-hybridized carbons (Fsp3) is 0.600. The lowest BCUT2D eigenvalue weighted by Gasteiger charge is -2.22. The van der Waals surface area contributed by atoms with Gasteiger partial charge in [0, 0.05) is 25.4 Å². The predicted molar refractivity (Wildman–Crippen MR) is 84.0 cm³/mol. The third kappa shape index (κ3) is 4.98. The first-order valence-electron chi connectivity index (χ1n) is 7.53. The Morgan fingerprint density at radius 1 is 1.29 bits per heavy atom. The summed E-state index contributed by atoms with van der Waals surface area (Å²) >= 11 is 0. The summed E-state index contributed by atoms with van der Waals surface area (Å²) in [6, 6.07) is 6.89. The number of ether oxygens (including phenoxy) is 1. The van der Waals surface area contributed by atoms with Gasteiger partial charge in [0.2, 0.25) is 10.0 Å². The molecule has 0 bridgehead atoms. The van der Waals surface area contributed by atoms with Gasteiger partial charge >= 0.3 is 0 Å². The smallest absolute Gasteiger partial charge is 0.240 e. The molecule has 0 amide bonds. The van der Waals surface area contributed by atoms with Gasteiger partial charge in [-0.3, -0.25) is 0 Å². The van der Waals surface area contributed by atoms with Crippen molar-refractivity contribution in [3.05, 3.63) is 24.3 Å². The molecule has 1 aromatic carbocycles. The first-order chi connectivity index (χ1) is 10.1. The van der Waals surface area contributed by atoms with Gasteiger partial charge in [0.1, 0.15) is 0 Å². The van der Waals surface area contributed by atoms with Gasteiger partial charge in [0.25, 0.3) is 0 Å². The second-order valence-electron chi connectivity index (χ2n) is 5.39. The van der Waals surface area contributed by atoms with Gasteiger partial charge < -0.3 is 10.1 Å². The van der Waals surface area contributed by atoms with Crippen molar-refractivity contribution in [2.75, 3.05) is 31.6 Å². The Labute approximate surface area is 127 Å². The van der Waals surface area contributed by atoms with E-state index in [9.17, 15) is 8.42 Å². The van der Waals surface area contributed by atoms with Crippen LogP contribution in [0.15, 0.2) is 29.2 Å². The summed E-state index contributed by atoms with van der Waals surface area (Å²) in [5.74, 6) is 0.536. The zero-order valence-corrected chi connectivity index (χ0v) is 13.3. The molecule has 0 aromatic heterocycles. The van der Waals surface area contributed by atoms with Gasteiger partial charge in [0.15, 0.2) is 0 Å². The van der Waals surface area contributed by atoms with Crippen LogP contribution in [0.4, 0.5) is 5.69 Å². The van der Waals surface area contributed by atoms with Crippen molar-refractivity contribution in [2.24, 2.45) is 5.92 Å². The molecular weight excluding hydrogens is 288 g/mol. The zero-order chi connectivity index (χ0) is 15.1. The molecule has 5 nitrogen and oxygen atoms in total. The normalized spacial score (nSPS) is 19.4. The number of sulfonamides is 1. The molecule has 1 heterocycles. The van der Waals surface area contributed by atoms with Crippen molar-refractivity contribution in [1.29, 1.82) is 0 Å². The highest BCUT2D eigenvalue weighted by Crippen LogP contribution is 2.17. The minimum atomic E-state index is -3.37. The fourth-order valence-corrected chi connectivity index (χ4v) is 3.44. The third-order valence-corrected chi connectivity index (χ3v) is 5.03. The van der Waals surface area contributed by atoms with Crippen LogP contribution < -0.4 is 10.0 Å². The van der Waals surface area contributed by atoms with E-state index in [2.05, 4.69) is 10.0 Å². The van der Waals surface area contributed by atoms with Crippen molar-refractivity contribution in [3.8, 4) is 0 Å². The summed E-state index contributed by atoms with van der Waals surface area (Å²) in [5, 5.41) is 3.34. The highest BCUT2D eigenvalue weighted by molar-refractivity contribution is 7.89. The lowest BCUT2D eigenvalue weighted by molar-refractivity contribution is 0.0595. The fourth-order valence-electron chi connectivity index (χ4n) is 2.30. The highest BCUT2D eigenvalue weighted by atomic mass is 32.2. The van der Waals surface area contributed by atoms with Crippen LogP contribution in [0.2, 0.25) is 0 Å². The van der Waals surface area contributed by atoms with E-state index in [-0.39, 0.29) is 0 Å². The summed E-state index contributed by atoms with van der Waals surface area (Å²) in [7, 11) is -3.37. The minimum Gasteiger partial charge on any atom is -0.385 e. The largest absolute Gasteiger partial charge is 0.385 e. The molecular formula is C15H24N2O3S. The molecule has 1 saturated heterocycles. The van der Waals surface area contributed by atoms with Gasteiger partial charge in [-0.05, 0) is 49.4 Å². The summed E-state index contributed by atoms with van der Waals surface area (Å²) in [5.41, 5.74) is 0.940. The molecule has 0 spiro atoms. The summed E-state index contributed by atoms with van der Waals surface area (Å²) in [4.78, 5) is 0.308. The first-order valence-corrected chi connectivity index (χ1v) is 9.01. The number of nitrogens with one attached hydrogen (secondary N) is 2. The van der Waals surface area contributed by atoms with Crippen molar-refractivity contribution in [3.63, 3.8) is 0 Å². The average Bonchev–Trinajstić information content (AvgIpc) is 2.52. The Balaban J connectivity index is 1.89. The van der Waals surface area contributed by atoms with Crippen LogP contribution in [0.3, 0.4) is 0 Å². The van der Waals surface area contributed by atoms with E-state index in [1.807, 2.05) is 19.1 Å². The molecule has 1 aliphatic rings. The van der Waals surface area contributed by atoms with Crippen LogP contribution in [0.1, 0.15) is 26.2 Å². The number of benzene rings is 1. The highest BCUT2D eigenvalue weighted by Gasteiger charge is 2.14. The molecule has 1 aliphatic heterocycles. The third-order valence-electron chi connectivity index (χ3n) is 3.56. The van der Waals surface area contributed by atoms with Crippen LogP contribution in [0.25, 0.3) is 0 Å². The Morgan fingerprint density at radius 3 is 2.67 bits per heavy atom. The molecule has 1 aromatic rings. The number of hydrogen-bond donors (Lipinski definition) is 2. The van der Waals surface area contributed by atoms with Gasteiger partial charge in [-0.2, -0.15) is 0 Å². The Morgan fingerprint density at radius 2 is 2.05 bits per heavy atom. The first kappa shape index (κ1) is 16.3. The Hall–Kier alpha value is -1.11. The zero-order valence-electron chi connectivity index (χ0n) is 12.5. The maximum atomic E-state index is 12.0. The van der Waals surface area contributed by atoms with Crippen LogP contribution in [-0.2, 0) is 14.8 Å². The minimum absolute atomic E-state index is 0.308. The standard InChI is InChI=1S/C15H24N2O3S/c1-2-9-17-21(18,19)15-7-5-14(6-8-15)16-11-13-4-3-10-20-12-13/h5-8,13,16-17H,2-4,9-12H2,1H3. The lowest BCUT2D eigenvalue weighted by Crippen LogP contribution is -2.25. The summed E-state index contributed by atoms with van der Waals surface area (Å²) in [6.45, 7) is 4.93. The Kier molecular flexibility index (Phi) is 6.02. The second-order valence-corrected chi connectivity index (χ2v) is 7.15. The van der Waals surface area contributed by atoms with Crippen molar-refractivity contribution < 1.29 is 13.2 Å². The maximum Gasteiger partial charge on any atom is 0.240 e. The van der Waals surface area contributed by atoms with Gasteiger partial charge in [-0.15, -0.1) is 0 Å². The molecule has 1 atom stereocenters. The molecule has 2 rings (SSSR count). The van der Waals surface area contributed by atoms with E-state index in [0.29, 0.717) is 17.4 Å². The van der Waals surface area contributed by atoms with E-state index in [1.165, 1.54) is 6.42 Å². The lowest BCUT2D eigenvalue weighted by atomic mass is 10.0. The monoisotopic (exact) mass is 312 g/mol. The molecule has 0 aliphatic carbocycles. The molecule has 21 heavy (non-hydrogen) atoms. The van der Waals surface area contributed by atoms with Crippen LogP contribution in [0, 0.1) is 5.92 Å². The van der Waals surface area contributed by atoms with Gasteiger partial charge in [-0.1, -0.05) is 6.92 Å². The van der Waals surface area contributed by atoms with E-state index in [4.69, 9.17) is 4.74 Å². The topological polar surface area (TPSA) is 67.4 Å². The predicted octanol–water partition coefficient (Wildman–Crippen LogP) is 2.21. The average molecular weight is 312 g/mol. The van der Waals surface area contributed by atoms with E-state index < -0.39 is 10.0 Å². The Bertz CT molecular complexity index is 522. The molecule has 2 N–H and O–H groups in total. The van der Waals surface area contributed by atoms with Gasteiger partial charge in [0.05, 0.1) is 11.5 Å². The van der Waals surface area contributed by atoms with E-state index >= 15 is 0 Å². The number of anilines is 1. The SMILES string of the molecule is CCCNS(=O)(=O)c1ccc(NCC2CCCOC2)cc1. The quantitative estimate of drug-likeness (QED) is 0.810. The van der Waals surface area contributed by atoms with E-state index in [1.54, 1.807) is 12.1 Å². The van der Waals surface area contributed by atoms with Crippen molar-refractivity contribution >= 4 is 15.7 Å². The van der Waals surface area contributed by atoms with Crippen LogP contribution >= 0.6 is 0 Å². The van der Waals surface area contributed by atoms with Crippen LogP contribution in [0.5, 0.6) is 0 Å². The number of hydrogen-bond acceptors (Lipinski definition) is 4. The van der Waals surface area contributed by atoms with Crippen LogP contribution in [-0.4, -0.2) is 34.7 Å². The summed E-state index contributed by atoms with van der Waals surface area (Å²) < 4.78 is 31.9. The van der Waals surface area contributed by atoms with Crippen molar-refractivity contribution in [2.45, 2.75) is 31.1 Å². The van der Waals surface area contributed by atoms with Crippen molar-refractivity contribution in [1.82, 2.24) is 4.72 Å². The summed E-state index contributed by atoms with van der Waals surface area (Å²) in [6.07, 6.45) is 3.08. The molecule has 1 fully saturated rings. The molecule has 6 heteroatoms. The second kappa shape index (κ2) is 7.77. The van der Waals surface area contributed by atoms with Gasteiger partial charge in [-0.25, -0.2) is 13.1 Å².